The molecular formula is C19H23BrFNO2. The summed E-state index contributed by atoms with van der Waals surface area (Å²) in [5, 5.41) is 3.41. The van der Waals surface area contributed by atoms with Crippen LogP contribution < -0.4 is 14.8 Å². The minimum atomic E-state index is -0.200. The number of ether oxygens (including phenoxy) is 2. The van der Waals surface area contributed by atoms with Gasteiger partial charge in [-0.2, -0.15) is 0 Å². The van der Waals surface area contributed by atoms with Gasteiger partial charge in [-0.25, -0.2) is 4.39 Å². The number of rotatable bonds is 9. The van der Waals surface area contributed by atoms with Crippen LogP contribution in [0.5, 0.6) is 11.5 Å². The first-order valence-corrected chi connectivity index (χ1v) is 8.96. The number of benzene rings is 2. The van der Waals surface area contributed by atoms with Gasteiger partial charge in [0.25, 0.3) is 0 Å². The van der Waals surface area contributed by atoms with Gasteiger partial charge in [0.1, 0.15) is 5.82 Å². The lowest BCUT2D eigenvalue weighted by molar-refractivity contribution is 0.287. The maximum absolute atomic E-state index is 12.9. The first kappa shape index (κ1) is 18.7. The Labute approximate surface area is 151 Å². The standard InChI is InChI=1S/C19H23BrFNO2/c1-3-23-18-11-15(17(20)12-19(18)24-4-2)13-22-10-9-14-5-7-16(21)8-6-14/h5-8,11-12,22H,3-4,9-10,13H2,1-2H3. The molecule has 0 saturated heterocycles. The summed E-state index contributed by atoms with van der Waals surface area (Å²) in [7, 11) is 0. The van der Waals surface area contributed by atoms with Crippen molar-refractivity contribution >= 4 is 15.9 Å². The summed E-state index contributed by atoms with van der Waals surface area (Å²) >= 11 is 3.59. The third kappa shape index (κ3) is 5.49. The molecule has 0 aliphatic heterocycles. The molecule has 0 heterocycles. The summed E-state index contributed by atoms with van der Waals surface area (Å²) in [5.41, 5.74) is 2.23. The molecule has 0 radical (unpaired) electrons. The van der Waals surface area contributed by atoms with Gasteiger partial charge in [-0.1, -0.05) is 28.1 Å². The van der Waals surface area contributed by atoms with Crippen LogP contribution in [0.2, 0.25) is 0 Å². The molecule has 3 nitrogen and oxygen atoms in total. The van der Waals surface area contributed by atoms with Crippen LogP contribution in [0.25, 0.3) is 0 Å². The fraction of sp³-hybridized carbons (Fsp3) is 0.368. The fourth-order valence-electron chi connectivity index (χ4n) is 2.36. The summed E-state index contributed by atoms with van der Waals surface area (Å²) in [6.45, 7) is 6.64. The average molecular weight is 396 g/mol. The van der Waals surface area contributed by atoms with Crippen LogP contribution in [0.4, 0.5) is 4.39 Å². The highest BCUT2D eigenvalue weighted by atomic mass is 79.9. The Balaban J connectivity index is 1.93. The highest BCUT2D eigenvalue weighted by molar-refractivity contribution is 9.10. The normalized spacial score (nSPS) is 10.7. The molecule has 0 fully saturated rings. The SMILES string of the molecule is CCOc1cc(Br)c(CNCCc2ccc(F)cc2)cc1OCC. The second kappa shape index (κ2) is 9.64. The first-order valence-electron chi connectivity index (χ1n) is 8.17. The molecular weight excluding hydrogens is 373 g/mol. The molecule has 0 amide bonds. The van der Waals surface area contributed by atoms with Crippen molar-refractivity contribution in [3.8, 4) is 11.5 Å². The molecule has 2 rings (SSSR count). The van der Waals surface area contributed by atoms with E-state index in [1.165, 1.54) is 12.1 Å². The third-order valence-corrected chi connectivity index (χ3v) is 4.27. The van der Waals surface area contributed by atoms with E-state index in [1.807, 2.05) is 38.1 Å². The summed E-state index contributed by atoms with van der Waals surface area (Å²) < 4.78 is 25.2. The molecule has 130 valence electrons. The molecule has 0 aromatic heterocycles. The molecule has 0 spiro atoms. The van der Waals surface area contributed by atoms with Crippen LogP contribution in [0.3, 0.4) is 0 Å². The molecule has 24 heavy (non-hydrogen) atoms. The van der Waals surface area contributed by atoms with Crippen LogP contribution in [0, 0.1) is 5.82 Å². The van der Waals surface area contributed by atoms with Gasteiger partial charge in [-0.05, 0) is 62.2 Å². The van der Waals surface area contributed by atoms with Crippen LogP contribution in [-0.2, 0) is 13.0 Å². The Morgan fingerprint density at radius 3 is 2.25 bits per heavy atom. The average Bonchev–Trinajstić information content (AvgIpc) is 2.57. The van der Waals surface area contributed by atoms with E-state index in [-0.39, 0.29) is 5.82 Å². The molecule has 2 aromatic carbocycles. The summed E-state index contributed by atoms with van der Waals surface area (Å²) in [5.74, 6) is 1.31. The summed E-state index contributed by atoms with van der Waals surface area (Å²) in [6, 6.07) is 10.6. The predicted molar refractivity (Wildman–Crippen MR) is 98.3 cm³/mol. The minimum absolute atomic E-state index is 0.200. The van der Waals surface area contributed by atoms with Gasteiger partial charge >= 0.3 is 0 Å². The van der Waals surface area contributed by atoms with Gasteiger partial charge in [-0.3, -0.25) is 0 Å². The van der Waals surface area contributed by atoms with Crippen LogP contribution in [-0.4, -0.2) is 19.8 Å². The van der Waals surface area contributed by atoms with Gasteiger partial charge in [0.05, 0.1) is 13.2 Å². The van der Waals surface area contributed by atoms with Crippen molar-refractivity contribution in [3.63, 3.8) is 0 Å². The Kier molecular flexibility index (Phi) is 7.53. The van der Waals surface area contributed by atoms with Crippen molar-refractivity contribution in [2.24, 2.45) is 0 Å². The molecule has 5 heteroatoms. The van der Waals surface area contributed by atoms with Crippen molar-refractivity contribution in [1.82, 2.24) is 5.32 Å². The van der Waals surface area contributed by atoms with Crippen molar-refractivity contribution < 1.29 is 13.9 Å². The molecule has 0 unspecified atom stereocenters. The molecule has 0 aliphatic rings. The Morgan fingerprint density at radius 1 is 1.00 bits per heavy atom. The van der Waals surface area contributed by atoms with E-state index in [9.17, 15) is 4.39 Å². The minimum Gasteiger partial charge on any atom is -0.490 e. The zero-order valence-electron chi connectivity index (χ0n) is 14.1. The second-order valence-corrected chi connectivity index (χ2v) is 6.16. The molecule has 1 N–H and O–H groups in total. The lowest BCUT2D eigenvalue weighted by Gasteiger charge is -2.14. The van der Waals surface area contributed by atoms with Crippen molar-refractivity contribution in [1.29, 1.82) is 0 Å². The quantitative estimate of drug-likeness (QED) is 0.623. The Hall–Kier alpha value is -1.59. The number of halogens is 2. The monoisotopic (exact) mass is 395 g/mol. The first-order chi connectivity index (χ1) is 11.6. The Bertz CT molecular complexity index is 647. The van der Waals surface area contributed by atoms with Crippen LogP contribution in [0.1, 0.15) is 25.0 Å². The van der Waals surface area contributed by atoms with Crippen LogP contribution in [0.15, 0.2) is 40.9 Å². The summed E-state index contributed by atoms with van der Waals surface area (Å²) in [4.78, 5) is 0. The summed E-state index contributed by atoms with van der Waals surface area (Å²) in [6.07, 6.45) is 0.854. The topological polar surface area (TPSA) is 30.5 Å². The van der Waals surface area contributed by atoms with E-state index < -0.39 is 0 Å². The molecule has 2 aromatic rings. The van der Waals surface area contributed by atoms with E-state index in [0.29, 0.717) is 19.8 Å². The lowest BCUT2D eigenvalue weighted by atomic mass is 10.1. The van der Waals surface area contributed by atoms with E-state index >= 15 is 0 Å². The molecule has 0 aliphatic carbocycles. The molecule has 0 bridgehead atoms. The Morgan fingerprint density at radius 2 is 1.62 bits per heavy atom. The van der Waals surface area contributed by atoms with E-state index in [2.05, 4.69) is 21.2 Å². The third-order valence-electron chi connectivity index (χ3n) is 3.53. The van der Waals surface area contributed by atoms with Crippen molar-refractivity contribution in [2.45, 2.75) is 26.8 Å². The van der Waals surface area contributed by atoms with E-state index in [0.717, 1.165) is 40.1 Å². The van der Waals surface area contributed by atoms with Gasteiger partial charge in [0.15, 0.2) is 11.5 Å². The smallest absolute Gasteiger partial charge is 0.162 e. The fourth-order valence-corrected chi connectivity index (χ4v) is 2.82. The van der Waals surface area contributed by atoms with Crippen molar-refractivity contribution in [3.05, 3.63) is 57.8 Å². The number of hydrogen-bond donors (Lipinski definition) is 1. The van der Waals surface area contributed by atoms with Crippen molar-refractivity contribution in [2.75, 3.05) is 19.8 Å². The number of nitrogens with one attached hydrogen (secondary N) is 1. The molecule has 0 atom stereocenters. The molecule has 0 saturated carbocycles. The zero-order valence-corrected chi connectivity index (χ0v) is 15.7. The van der Waals surface area contributed by atoms with Gasteiger partial charge in [0.2, 0.25) is 0 Å². The second-order valence-electron chi connectivity index (χ2n) is 5.31. The maximum Gasteiger partial charge on any atom is 0.162 e. The van der Waals surface area contributed by atoms with Gasteiger partial charge < -0.3 is 14.8 Å². The highest BCUT2D eigenvalue weighted by Gasteiger charge is 2.10. The zero-order chi connectivity index (χ0) is 17.4. The highest BCUT2D eigenvalue weighted by Crippen LogP contribution is 2.33. The van der Waals surface area contributed by atoms with Gasteiger partial charge in [-0.15, -0.1) is 0 Å². The largest absolute Gasteiger partial charge is 0.490 e. The number of hydrogen-bond acceptors (Lipinski definition) is 3. The predicted octanol–water partition coefficient (Wildman–Crippen LogP) is 4.72. The maximum atomic E-state index is 12.9. The van der Waals surface area contributed by atoms with E-state index in [1.54, 1.807) is 0 Å². The lowest BCUT2D eigenvalue weighted by Crippen LogP contribution is -2.17. The van der Waals surface area contributed by atoms with E-state index in [4.69, 9.17) is 9.47 Å². The van der Waals surface area contributed by atoms with Crippen LogP contribution >= 0.6 is 15.9 Å². The van der Waals surface area contributed by atoms with Gasteiger partial charge in [0, 0.05) is 11.0 Å².